The lowest BCUT2D eigenvalue weighted by Gasteiger charge is -1.93. The van der Waals surface area contributed by atoms with Gasteiger partial charge in [-0.3, -0.25) is 0 Å². The third kappa shape index (κ3) is 1.35. The van der Waals surface area contributed by atoms with Gasteiger partial charge in [0.05, 0.1) is 5.56 Å². The second-order valence-electron chi connectivity index (χ2n) is 3.04. The first-order valence-electron chi connectivity index (χ1n) is 4.11. The highest BCUT2D eigenvalue weighted by molar-refractivity contribution is 5.93. The SMILES string of the molecule is O=C(O)c1ccc2cc(CF)[nH]c2c1. The number of halogens is 1. The molecule has 0 aliphatic heterocycles. The molecule has 2 aromatic rings. The molecular formula is C10H8FNO2. The Morgan fingerprint density at radius 3 is 2.86 bits per heavy atom. The molecule has 2 rings (SSSR count). The topological polar surface area (TPSA) is 53.1 Å². The molecule has 0 spiro atoms. The molecule has 0 saturated heterocycles. The maximum atomic E-state index is 12.3. The van der Waals surface area contributed by atoms with Gasteiger partial charge in [0.15, 0.2) is 0 Å². The molecule has 0 amide bonds. The van der Waals surface area contributed by atoms with E-state index in [-0.39, 0.29) is 5.56 Å². The molecule has 0 aliphatic carbocycles. The summed E-state index contributed by atoms with van der Waals surface area (Å²) in [7, 11) is 0. The van der Waals surface area contributed by atoms with Crippen molar-refractivity contribution in [2.45, 2.75) is 6.67 Å². The van der Waals surface area contributed by atoms with E-state index in [2.05, 4.69) is 4.98 Å². The first-order valence-corrected chi connectivity index (χ1v) is 4.11. The van der Waals surface area contributed by atoms with Gasteiger partial charge in [-0.25, -0.2) is 9.18 Å². The van der Waals surface area contributed by atoms with E-state index in [0.29, 0.717) is 11.2 Å². The van der Waals surface area contributed by atoms with Gasteiger partial charge in [-0.1, -0.05) is 6.07 Å². The molecule has 0 bridgehead atoms. The normalized spacial score (nSPS) is 10.6. The summed E-state index contributed by atoms with van der Waals surface area (Å²) in [5.41, 5.74) is 1.31. The molecule has 1 aromatic carbocycles. The number of carboxylic acids is 1. The number of alkyl halides is 1. The lowest BCUT2D eigenvalue weighted by Crippen LogP contribution is -1.94. The molecule has 1 aromatic heterocycles. The van der Waals surface area contributed by atoms with Crippen LogP contribution in [0.5, 0.6) is 0 Å². The Labute approximate surface area is 79.2 Å². The summed E-state index contributed by atoms with van der Waals surface area (Å²) in [5, 5.41) is 9.54. The summed E-state index contributed by atoms with van der Waals surface area (Å²) < 4.78 is 12.3. The highest BCUT2D eigenvalue weighted by atomic mass is 19.1. The first kappa shape index (κ1) is 8.74. The fourth-order valence-electron chi connectivity index (χ4n) is 1.39. The fourth-order valence-corrected chi connectivity index (χ4v) is 1.39. The number of carboxylic acid groups (broad SMARTS) is 1. The summed E-state index contributed by atoms with van der Waals surface area (Å²) in [5.74, 6) is -0.983. The molecule has 1 heterocycles. The zero-order chi connectivity index (χ0) is 10.1. The minimum absolute atomic E-state index is 0.199. The third-order valence-electron chi connectivity index (χ3n) is 2.07. The van der Waals surface area contributed by atoms with Crippen LogP contribution in [-0.4, -0.2) is 16.1 Å². The van der Waals surface area contributed by atoms with E-state index in [1.165, 1.54) is 12.1 Å². The molecule has 14 heavy (non-hydrogen) atoms. The van der Waals surface area contributed by atoms with Crippen LogP contribution in [0.1, 0.15) is 16.1 Å². The van der Waals surface area contributed by atoms with Crippen LogP contribution >= 0.6 is 0 Å². The second-order valence-corrected chi connectivity index (χ2v) is 3.04. The van der Waals surface area contributed by atoms with E-state index in [1.807, 2.05) is 0 Å². The standard InChI is InChI=1S/C10H8FNO2/c11-5-8-3-6-1-2-7(10(13)14)4-9(6)12-8/h1-4,12H,5H2,(H,13,14). The number of H-pyrrole nitrogens is 1. The van der Waals surface area contributed by atoms with Gasteiger partial charge >= 0.3 is 5.97 Å². The van der Waals surface area contributed by atoms with Crippen molar-refractivity contribution in [2.24, 2.45) is 0 Å². The largest absolute Gasteiger partial charge is 0.478 e. The van der Waals surface area contributed by atoms with Gasteiger partial charge in [0.1, 0.15) is 6.67 Å². The molecule has 0 aliphatic rings. The lowest BCUT2D eigenvalue weighted by molar-refractivity contribution is 0.0697. The van der Waals surface area contributed by atoms with Crippen LogP contribution in [0.4, 0.5) is 4.39 Å². The molecule has 0 atom stereocenters. The van der Waals surface area contributed by atoms with Crippen molar-refractivity contribution in [2.75, 3.05) is 0 Å². The number of hydrogen-bond acceptors (Lipinski definition) is 1. The van der Waals surface area contributed by atoms with Crippen LogP contribution in [-0.2, 0) is 6.67 Å². The molecule has 0 unspecified atom stereocenters. The van der Waals surface area contributed by atoms with Gasteiger partial charge in [0.2, 0.25) is 0 Å². The minimum atomic E-state index is -0.983. The number of benzene rings is 1. The molecule has 4 heteroatoms. The summed E-state index contributed by atoms with van der Waals surface area (Å²) in [6.45, 7) is -0.572. The van der Waals surface area contributed by atoms with Crippen LogP contribution in [0, 0.1) is 0 Å². The Morgan fingerprint density at radius 2 is 2.21 bits per heavy atom. The fraction of sp³-hybridized carbons (Fsp3) is 0.100. The second kappa shape index (κ2) is 3.14. The molecule has 72 valence electrons. The number of aromatic carboxylic acids is 1. The maximum Gasteiger partial charge on any atom is 0.335 e. The smallest absolute Gasteiger partial charge is 0.335 e. The Hall–Kier alpha value is -1.84. The number of carbonyl (C=O) groups is 1. The lowest BCUT2D eigenvalue weighted by atomic mass is 10.2. The minimum Gasteiger partial charge on any atom is -0.478 e. The average Bonchev–Trinajstić information content (AvgIpc) is 2.58. The Morgan fingerprint density at radius 1 is 1.43 bits per heavy atom. The summed E-state index contributed by atoms with van der Waals surface area (Å²) in [4.78, 5) is 13.4. The maximum absolute atomic E-state index is 12.3. The predicted octanol–water partition coefficient (Wildman–Crippen LogP) is 2.34. The van der Waals surface area contributed by atoms with E-state index in [1.54, 1.807) is 12.1 Å². The Balaban J connectivity index is 2.59. The molecule has 0 radical (unpaired) electrons. The number of aromatic nitrogens is 1. The predicted molar refractivity (Wildman–Crippen MR) is 50.1 cm³/mol. The van der Waals surface area contributed by atoms with E-state index in [0.717, 1.165) is 5.39 Å². The van der Waals surface area contributed by atoms with Gasteiger partial charge < -0.3 is 10.1 Å². The van der Waals surface area contributed by atoms with E-state index in [9.17, 15) is 9.18 Å². The van der Waals surface area contributed by atoms with Gasteiger partial charge in [-0.2, -0.15) is 0 Å². The van der Waals surface area contributed by atoms with Crippen LogP contribution < -0.4 is 0 Å². The van der Waals surface area contributed by atoms with Gasteiger partial charge in [-0.05, 0) is 23.6 Å². The number of aromatic amines is 1. The van der Waals surface area contributed by atoms with Crippen molar-refractivity contribution in [3.63, 3.8) is 0 Å². The van der Waals surface area contributed by atoms with Crippen molar-refractivity contribution in [1.82, 2.24) is 4.98 Å². The monoisotopic (exact) mass is 193 g/mol. The van der Waals surface area contributed by atoms with Crippen molar-refractivity contribution >= 4 is 16.9 Å². The number of rotatable bonds is 2. The van der Waals surface area contributed by atoms with E-state index >= 15 is 0 Å². The number of hydrogen-bond donors (Lipinski definition) is 2. The van der Waals surface area contributed by atoms with E-state index < -0.39 is 12.6 Å². The number of fused-ring (bicyclic) bond motifs is 1. The van der Waals surface area contributed by atoms with Gasteiger partial charge in [0.25, 0.3) is 0 Å². The Bertz CT molecular complexity index is 490. The zero-order valence-electron chi connectivity index (χ0n) is 7.25. The van der Waals surface area contributed by atoms with Crippen molar-refractivity contribution in [1.29, 1.82) is 0 Å². The summed E-state index contributed by atoms with van der Waals surface area (Å²) in [6.07, 6.45) is 0. The molecule has 0 fully saturated rings. The molecule has 2 N–H and O–H groups in total. The average molecular weight is 193 g/mol. The number of nitrogens with one attached hydrogen (secondary N) is 1. The van der Waals surface area contributed by atoms with Gasteiger partial charge in [0, 0.05) is 11.2 Å². The highest BCUT2D eigenvalue weighted by Crippen LogP contribution is 2.17. The van der Waals surface area contributed by atoms with Crippen LogP contribution in [0.15, 0.2) is 24.3 Å². The van der Waals surface area contributed by atoms with Crippen molar-refractivity contribution < 1.29 is 14.3 Å². The summed E-state index contributed by atoms with van der Waals surface area (Å²) >= 11 is 0. The Kier molecular flexibility index (Phi) is 1.96. The van der Waals surface area contributed by atoms with Crippen molar-refractivity contribution in [3.8, 4) is 0 Å². The third-order valence-corrected chi connectivity index (χ3v) is 2.07. The van der Waals surface area contributed by atoms with Crippen LogP contribution in [0.25, 0.3) is 10.9 Å². The van der Waals surface area contributed by atoms with Crippen LogP contribution in [0.2, 0.25) is 0 Å². The quantitative estimate of drug-likeness (QED) is 0.769. The molecule has 3 nitrogen and oxygen atoms in total. The molecular weight excluding hydrogens is 185 g/mol. The van der Waals surface area contributed by atoms with E-state index in [4.69, 9.17) is 5.11 Å². The zero-order valence-corrected chi connectivity index (χ0v) is 7.25. The van der Waals surface area contributed by atoms with Crippen LogP contribution in [0.3, 0.4) is 0 Å². The highest BCUT2D eigenvalue weighted by Gasteiger charge is 2.05. The van der Waals surface area contributed by atoms with Crippen molar-refractivity contribution in [3.05, 3.63) is 35.5 Å². The summed E-state index contributed by atoms with van der Waals surface area (Å²) in [6, 6.07) is 6.33. The molecule has 0 saturated carbocycles. The first-order chi connectivity index (χ1) is 6.70. The van der Waals surface area contributed by atoms with Gasteiger partial charge in [-0.15, -0.1) is 0 Å².